The highest BCUT2D eigenvalue weighted by Crippen LogP contribution is 2.31. The standard InChI is InChI=1S/C30H30F9N7S3.C2H6O/c31-28(32,33)19-1-7-22(8-2-19)43-25(47)40-13-16-46(17-14-41-26(48)44-23-9-3-20(4-10-23)29(34,35)36)18-15-42-27(49)45-24-11-5-21(6-12-24)30(37,38)39;1-2-3/h1-12H,13-18H2,(H2,40,43,47)(H2,41,44,48)(H2,42,45,49);3H,2H2,1H3. The Kier molecular flexibility index (Phi) is 17.8. The molecule has 0 aliphatic carbocycles. The van der Waals surface area contributed by atoms with Gasteiger partial charge in [0.25, 0.3) is 0 Å². The van der Waals surface area contributed by atoms with Gasteiger partial charge in [-0.25, -0.2) is 0 Å². The maximum absolute atomic E-state index is 12.8. The number of rotatable bonds is 12. The molecular formula is C32H36F9N7OS3. The van der Waals surface area contributed by atoms with Crippen molar-refractivity contribution in [2.75, 3.05) is 61.8 Å². The number of alkyl halides is 9. The van der Waals surface area contributed by atoms with Gasteiger partial charge in [0.15, 0.2) is 15.3 Å². The maximum Gasteiger partial charge on any atom is 0.416 e. The Labute approximate surface area is 310 Å². The van der Waals surface area contributed by atoms with Gasteiger partial charge >= 0.3 is 18.5 Å². The number of aliphatic hydroxyl groups excluding tert-OH is 1. The minimum absolute atomic E-state index is 0.180. The average molecular weight is 802 g/mol. The maximum atomic E-state index is 12.8. The molecule has 3 aromatic rings. The summed E-state index contributed by atoms with van der Waals surface area (Å²) in [6, 6.07) is 13.1. The molecule has 20 heteroatoms. The highest BCUT2D eigenvalue weighted by atomic mass is 32.1. The highest BCUT2D eigenvalue weighted by molar-refractivity contribution is 7.80. The molecule has 0 aliphatic heterocycles. The molecular weight excluding hydrogens is 766 g/mol. The summed E-state index contributed by atoms with van der Waals surface area (Å²) in [5.41, 5.74) is -1.30. The lowest BCUT2D eigenvalue weighted by molar-refractivity contribution is -0.138. The molecule has 286 valence electrons. The van der Waals surface area contributed by atoms with Gasteiger partial charge in [0.2, 0.25) is 0 Å². The van der Waals surface area contributed by atoms with Crippen molar-refractivity contribution in [3.05, 3.63) is 89.5 Å². The van der Waals surface area contributed by atoms with E-state index in [0.29, 0.717) is 56.3 Å². The van der Waals surface area contributed by atoms with E-state index in [1.54, 1.807) is 6.92 Å². The van der Waals surface area contributed by atoms with Crippen LogP contribution in [0.4, 0.5) is 56.6 Å². The van der Waals surface area contributed by atoms with Crippen LogP contribution in [0.15, 0.2) is 72.8 Å². The van der Waals surface area contributed by atoms with Crippen molar-refractivity contribution in [1.29, 1.82) is 0 Å². The summed E-state index contributed by atoms with van der Waals surface area (Å²) in [5.74, 6) is 0. The molecule has 0 unspecified atom stereocenters. The molecule has 8 nitrogen and oxygen atoms in total. The van der Waals surface area contributed by atoms with Gasteiger partial charge in [-0.2, -0.15) is 39.5 Å². The summed E-state index contributed by atoms with van der Waals surface area (Å²) >= 11 is 15.8. The first-order valence-electron chi connectivity index (χ1n) is 15.3. The topological polar surface area (TPSA) is 95.7 Å². The molecule has 7 N–H and O–H groups in total. The second-order valence-corrected chi connectivity index (χ2v) is 11.8. The smallest absolute Gasteiger partial charge is 0.397 e. The summed E-state index contributed by atoms with van der Waals surface area (Å²) in [4.78, 5) is 1.98. The summed E-state index contributed by atoms with van der Waals surface area (Å²) in [6.07, 6.45) is -13.4. The number of benzene rings is 3. The Bertz CT molecular complexity index is 1370. The zero-order chi connectivity index (χ0) is 39.0. The lowest BCUT2D eigenvalue weighted by Crippen LogP contribution is -2.44. The van der Waals surface area contributed by atoms with Crippen molar-refractivity contribution in [2.45, 2.75) is 25.5 Å². The molecule has 0 radical (unpaired) electrons. The number of anilines is 3. The van der Waals surface area contributed by atoms with Gasteiger partial charge in [-0.1, -0.05) is 0 Å². The van der Waals surface area contributed by atoms with Crippen LogP contribution in [0.3, 0.4) is 0 Å². The van der Waals surface area contributed by atoms with Gasteiger partial charge in [-0.3, -0.25) is 4.90 Å². The quantitative estimate of drug-likeness (QED) is 0.0744. The first-order valence-corrected chi connectivity index (χ1v) is 16.5. The Morgan fingerprint density at radius 1 is 0.500 bits per heavy atom. The molecule has 52 heavy (non-hydrogen) atoms. The third kappa shape index (κ3) is 17.0. The number of aliphatic hydroxyl groups is 1. The van der Waals surface area contributed by atoms with Crippen molar-refractivity contribution < 1.29 is 44.6 Å². The fraction of sp³-hybridized carbons (Fsp3) is 0.344. The first-order chi connectivity index (χ1) is 24.3. The Morgan fingerprint density at radius 2 is 0.712 bits per heavy atom. The fourth-order valence-electron chi connectivity index (χ4n) is 4.07. The monoisotopic (exact) mass is 801 g/mol. The van der Waals surface area contributed by atoms with E-state index in [9.17, 15) is 39.5 Å². The number of hydrogen-bond acceptors (Lipinski definition) is 5. The van der Waals surface area contributed by atoms with E-state index in [1.807, 2.05) is 4.90 Å². The molecule has 0 saturated carbocycles. The van der Waals surface area contributed by atoms with Crippen molar-refractivity contribution in [3.8, 4) is 0 Å². The molecule has 0 spiro atoms. The van der Waals surface area contributed by atoms with Crippen molar-refractivity contribution in [2.24, 2.45) is 0 Å². The molecule has 0 bridgehead atoms. The largest absolute Gasteiger partial charge is 0.416 e. The van der Waals surface area contributed by atoms with E-state index < -0.39 is 35.2 Å². The predicted octanol–water partition coefficient (Wildman–Crippen LogP) is 7.30. The average Bonchev–Trinajstić information content (AvgIpc) is 3.04. The van der Waals surface area contributed by atoms with Gasteiger partial charge in [-0.15, -0.1) is 0 Å². The molecule has 3 aromatic carbocycles. The van der Waals surface area contributed by atoms with Gasteiger partial charge < -0.3 is 37.0 Å². The SMILES string of the molecule is CCO.FC(F)(F)c1ccc(NC(=S)NCCN(CCNC(=S)Nc2ccc(C(F)(F)F)cc2)CCNC(=S)Nc2ccc(C(F)(F)F)cc2)cc1. The van der Waals surface area contributed by atoms with Crippen LogP contribution >= 0.6 is 36.7 Å². The Balaban J connectivity index is 0.00000301. The fourth-order valence-corrected chi connectivity index (χ4v) is 4.73. The summed E-state index contributed by atoms with van der Waals surface area (Å²) in [7, 11) is 0. The van der Waals surface area contributed by atoms with E-state index in [-0.39, 0.29) is 21.9 Å². The number of thiocarbonyl (C=S) groups is 3. The van der Waals surface area contributed by atoms with E-state index in [0.717, 1.165) is 36.4 Å². The van der Waals surface area contributed by atoms with E-state index in [4.69, 9.17) is 41.8 Å². The second kappa shape index (κ2) is 20.9. The molecule has 0 aliphatic rings. The zero-order valence-electron chi connectivity index (χ0n) is 27.4. The number of nitrogens with zero attached hydrogens (tertiary/aromatic N) is 1. The third-order valence-corrected chi connectivity index (χ3v) is 7.29. The zero-order valence-corrected chi connectivity index (χ0v) is 29.8. The van der Waals surface area contributed by atoms with Crippen LogP contribution in [-0.4, -0.2) is 71.2 Å². The van der Waals surface area contributed by atoms with Gasteiger partial charge in [0.1, 0.15) is 0 Å². The van der Waals surface area contributed by atoms with Crippen molar-refractivity contribution >= 4 is 69.1 Å². The van der Waals surface area contributed by atoms with Crippen LogP contribution in [0.2, 0.25) is 0 Å². The normalized spacial score (nSPS) is 11.5. The Hall–Kier alpha value is -3.98. The van der Waals surface area contributed by atoms with E-state index in [2.05, 4.69) is 31.9 Å². The van der Waals surface area contributed by atoms with E-state index in [1.165, 1.54) is 36.4 Å². The lowest BCUT2D eigenvalue weighted by atomic mass is 10.2. The molecule has 0 heterocycles. The molecule has 0 saturated heterocycles. The third-order valence-electron chi connectivity index (χ3n) is 6.55. The van der Waals surface area contributed by atoms with Crippen LogP contribution in [-0.2, 0) is 18.5 Å². The van der Waals surface area contributed by atoms with E-state index >= 15 is 0 Å². The van der Waals surface area contributed by atoms with Crippen LogP contribution in [0, 0.1) is 0 Å². The molecule has 0 aromatic heterocycles. The van der Waals surface area contributed by atoms with Crippen molar-refractivity contribution in [1.82, 2.24) is 20.9 Å². The second-order valence-electron chi connectivity index (χ2n) is 10.5. The lowest BCUT2D eigenvalue weighted by Gasteiger charge is -2.24. The minimum atomic E-state index is -4.46. The predicted molar refractivity (Wildman–Crippen MR) is 196 cm³/mol. The number of nitrogens with one attached hydrogen (secondary N) is 6. The van der Waals surface area contributed by atoms with Gasteiger partial charge in [0.05, 0.1) is 16.7 Å². The molecule has 3 rings (SSSR count). The first kappa shape index (κ1) is 44.2. The minimum Gasteiger partial charge on any atom is -0.397 e. The summed E-state index contributed by atoms with van der Waals surface area (Å²) in [5, 5.41) is 25.5. The van der Waals surface area contributed by atoms with Gasteiger partial charge in [-0.05, 0) is 116 Å². The molecule has 0 atom stereocenters. The van der Waals surface area contributed by atoms with Crippen LogP contribution < -0.4 is 31.9 Å². The van der Waals surface area contributed by atoms with Crippen molar-refractivity contribution in [3.63, 3.8) is 0 Å². The highest BCUT2D eigenvalue weighted by Gasteiger charge is 2.31. The van der Waals surface area contributed by atoms with Crippen LogP contribution in [0.1, 0.15) is 23.6 Å². The van der Waals surface area contributed by atoms with Crippen LogP contribution in [0.5, 0.6) is 0 Å². The Morgan fingerprint density at radius 3 is 0.904 bits per heavy atom. The number of hydrogen-bond donors (Lipinski definition) is 7. The summed E-state index contributed by atoms with van der Waals surface area (Å²) < 4.78 is 115. The van der Waals surface area contributed by atoms with Crippen LogP contribution in [0.25, 0.3) is 0 Å². The molecule has 0 fully saturated rings. The number of halogens is 9. The summed E-state index contributed by atoms with van der Waals surface area (Å²) in [6.45, 7) is 4.20. The van der Waals surface area contributed by atoms with Gasteiger partial charge in [0, 0.05) is 62.9 Å². The molecule has 0 amide bonds.